The van der Waals surface area contributed by atoms with Crippen LogP contribution in [0.15, 0.2) is 24.3 Å². The minimum absolute atomic E-state index is 0.799. The lowest BCUT2D eigenvalue weighted by atomic mass is 9.90. The van der Waals surface area contributed by atoms with Crippen LogP contribution < -0.4 is 0 Å². The monoisotopic (exact) mass is 231 g/mol. The van der Waals surface area contributed by atoms with Gasteiger partial charge in [0.1, 0.15) is 0 Å². The van der Waals surface area contributed by atoms with E-state index < -0.39 is 0 Å². The maximum Gasteiger partial charge on any atom is 0.209 e. The Kier molecular flexibility index (Phi) is 4.18. The first-order valence-corrected chi connectivity index (χ1v) is 6.53. The van der Waals surface area contributed by atoms with Crippen molar-refractivity contribution >= 4 is 6.41 Å². The number of hydrogen-bond acceptors (Lipinski definition) is 1. The van der Waals surface area contributed by atoms with Crippen LogP contribution in [0.4, 0.5) is 0 Å². The number of carbonyl (C=O) groups excluding carboxylic acids is 1. The van der Waals surface area contributed by atoms with Gasteiger partial charge in [0.05, 0.1) is 0 Å². The van der Waals surface area contributed by atoms with Crippen molar-refractivity contribution < 1.29 is 4.79 Å². The third-order valence-electron chi connectivity index (χ3n) is 3.76. The van der Waals surface area contributed by atoms with Gasteiger partial charge < -0.3 is 4.90 Å². The molecule has 1 aromatic carbocycles. The lowest BCUT2D eigenvalue weighted by molar-refractivity contribution is -0.119. The van der Waals surface area contributed by atoms with Gasteiger partial charge in [-0.1, -0.05) is 29.8 Å². The van der Waals surface area contributed by atoms with Gasteiger partial charge in [0.2, 0.25) is 6.41 Å². The van der Waals surface area contributed by atoms with E-state index in [-0.39, 0.29) is 0 Å². The molecule has 0 bridgehead atoms. The van der Waals surface area contributed by atoms with E-state index in [1.165, 1.54) is 36.8 Å². The van der Waals surface area contributed by atoms with Crippen LogP contribution >= 0.6 is 0 Å². The van der Waals surface area contributed by atoms with E-state index in [0.29, 0.717) is 0 Å². The molecule has 0 unspecified atom stereocenters. The number of aryl methyl sites for hydroxylation is 2. The van der Waals surface area contributed by atoms with Crippen molar-refractivity contribution in [3.05, 3.63) is 35.4 Å². The molecule has 0 aliphatic carbocycles. The van der Waals surface area contributed by atoms with Crippen molar-refractivity contribution in [1.29, 1.82) is 0 Å². The molecular weight excluding hydrogens is 210 g/mol. The summed E-state index contributed by atoms with van der Waals surface area (Å²) in [7, 11) is 0. The lowest BCUT2D eigenvalue weighted by Crippen LogP contribution is -2.32. The van der Waals surface area contributed by atoms with Crippen LogP contribution in [0.25, 0.3) is 0 Å². The summed E-state index contributed by atoms with van der Waals surface area (Å²) in [6.07, 6.45) is 5.76. The quantitative estimate of drug-likeness (QED) is 0.730. The molecule has 1 aliphatic heterocycles. The second-order valence-electron chi connectivity index (χ2n) is 5.11. The van der Waals surface area contributed by atoms with Gasteiger partial charge in [-0.2, -0.15) is 0 Å². The highest BCUT2D eigenvalue weighted by atomic mass is 16.1. The highest BCUT2D eigenvalue weighted by Crippen LogP contribution is 2.21. The fourth-order valence-electron chi connectivity index (χ4n) is 2.47. The van der Waals surface area contributed by atoms with Crippen LogP contribution in [0.5, 0.6) is 0 Å². The maximum atomic E-state index is 10.6. The molecular formula is C15H21NO. The molecule has 1 heterocycles. The maximum absolute atomic E-state index is 10.6. The fraction of sp³-hybridized carbons (Fsp3) is 0.533. The summed E-state index contributed by atoms with van der Waals surface area (Å²) in [5, 5.41) is 0. The highest BCUT2D eigenvalue weighted by molar-refractivity contribution is 5.47. The van der Waals surface area contributed by atoms with Crippen molar-refractivity contribution in [2.75, 3.05) is 13.1 Å². The van der Waals surface area contributed by atoms with Crippen molar-refractivity contribution in [3.8, 4) is 0 Å². The number of rotatable bonds is 4. The molecule has 0 radical (unpaired) electrons. The van der Waals surface area contributed by atoms with Crippen molar-refractivity contribution in [1.82, 2.24) is 4.90 Å². The van der Waals surface area contributed by atoms with E-state index in [0.717, 1.165) is 25.4 Å². The topological polar surface area (TPSA) is 20.3 Å². The van der Waals surface area contributed by atoms with Crippen LogP contribution in [0.3, 0.4) is 0 Å². The Hall–Kier alpha value is -1.31. The fourth-order valence-corrected chi connectivity index (χ4v) is 2.47. The number of amides is 1. The summed E-state index contributed by atoms with van der Waals surface area (Å²) >= 11 is 0. The Morgan fingerprint density at radius 2 is 1.88 bits per heavy atom. The summed E-state index contributed by atoms with van der Waals surface area (Å²) in [4.78, 5) is 12.5. The molecule has 0 spiro atoms. The van der Waals surface area contributed by atoms with Gasteiger partial charge in [0, 0.05) is 13.1 Å². The molecule has 1 saturated heterocycles. The van der Waals surface area contributed by atoms with Crippen LogP contribution in [0.1, 0.15) is 30.4 Å². The normalized spacial score (nSPS) is 17.1. The Labute approximate surface area is 104 Å². The molecule has 0 N–H and O–H groups in total. The zero-order chi connectivity index (χ0) is 12.1. The molecule has 1 amide bonds. The highest BCUT2D eigenvalue weighted by Gasteiger charge is 2.17. The van der Waals surface area contributed by atoms with Gasteiger partial charge in [-0.05, 0) is 44.1 Å². The molecule has 1 aromatic rings. The SMILES string of the molecule is Cc1ccc(CCC2CCN(C=O)CC2)cc1. The zero-order valence-electron chi connectivity index (χ0n) is 10.6. The van der Waals surface area contributed by atoms with E-state index in [1.54, 1.807) is 0 Å². The number of benzene rings is 1. The molecule has 1 aliphatic rings. The van der Waals surface area contributed by atoms with Crippen molar-refractivity contribution in [2.45, 2.75) is 32.6 Å². The Balaban J connectivity index is 1.75. The summed E-state index contributed by atoms with van der Waals surface area (Å²) < 4.78 is 0. The third-order valence-corrected chi connectivity index (χ3v) is 3.76. The first kappa shape index (κ1) is 12.2. The Morgan fingerprint density at radius 1 is 1.24 bits per heavy atom. The number of hydrogen-bond donors (Lipinski definition) is 0. The van der Waals surface area contributed by atoms with E-state index in [2.05, 4.69) is 31.2 Å². The Bertz CT molecular complexity index is 350. The van der Waals surface area contributed by atoms with Gasteiger partial charge in [-0.25, -0.2) is 0 Å². The second-order valence-corrected chi connectivity index (χ2v) is 5.11. The molecule has 17 heavy (non-hydrogen) atoms. The summed E-state index contributed by atoms with van der Waals surface area (Å²) in [6.45, 7) is 4.02. The Morgan fingerprint density at radius 3 is 2.47 bits per heavy atom. The zero-order valence-corrected chi connectivity index (χ0v) is 10.6. The molecule has 2 heteroatoms. The molecule has 2 nitrogen and oxygen atoms in total. The van der Waals surface area contributed by atoms with Gasteiger partial charge in [-0.3, -0.25) is 4.79 Å². The number of carbonyl (C=O) groups is 1. The minimum atomic E-state index is 0.799. The predicted octanol–water partition coefficient (Wildman–Crippen LogP) is 2.80. The minimum Gasteiger partial charge on any atom is -0.345 e. The number of nitrogens with zero attached hydrogens (tertiary/aromatic N) is 1. The third kappa shape index (κ3) is 3.58. The van der Waals surface area contributed by atoms with Crippen LogP contribution in [0.2, 0.25) is 0 Å². The van der Waals surface area contributed by atoms with Gasteiger partial charge in [-0.15, -0.1) is 0 Å². The van der Waals surface area contributed by atoms with E-state index in [4.69, 9.17) is 0 Å². The first-order valence-electron chi connectivity index (χ1n) is 6.53. The lowest BCUT2D eigenvalue weighted by Gasteiger charge is -2.29. The van der Waals surface area contributed by atoms with Gasteiger partial charge >= 0.3 is 0 Å². The predicted molar refractivity (Wildman–Crippen MR) is 69.9 cm³/mol. The van der Waals surface area contributed by atoms with Gasteiger partial charge in [0.15, 0.2) is 0 Å². The average molecular weight is 231 g/mol. The summed E-state index contributed by atoms with van der Waals surface area (Å²) in [5.74, 6) is 0.799. The molecule has 2 rings (SSSR count). The molecule has 0 saturated carbocycles. The van der Waals surface area contributed by atoms with Crippen molar-refractivity contribution in [3.63, 3.8) is 0 Å². The summed E-state index contributed by atoms with van der Waals surface area (Å²) in [6, 6.07) is 8.83. The molecule has 1 fully saturated rings. The van der Waals surface area contributed by atoms with Gasteiger partial charge in [0.25, 0.3) is 0 Å². The largest absolute Gasteiger partial charge is 0.345 e. The summed E-state index contributed by atoms with van der Waals surface area (Å²) in [5.41, 5.74) is 2.77. The van der Waals surface area contributed by atoms with Crippen molar-refractivity contribution in [2.24, 2.45) is 5.92 Å². The molecule has 92 valence electrons. The second kappa shape index (κ2) is 5.85. The number of likely N-dealkylation sites (tertiary alicyclic amines) is 1. The van der Waals surface area contributed by atoms with Crippen LogP contribution in [-0.2, 0) is 11.2 Å². The van der Waals surface area contributed by atoms with E-state index in [9.17, 15) is 4.79 Å². The molecule has 0 atom stereocenters. The van der Waals surface area contributed by atoms with Crippen LogP contribution in [-0.4, -0.2) is 24.4 Å². The standard InChI is InChI=1S/C15H21NO/c1-13-2-4-14(5-3-13)6-7-15-8-10-16(12-17)11-9-15/h2-5,12,15H,6-11H2,1H3. The average Bonchev–Trinajstić information content (AvgIpc) is 2.39. The van der Waals surface area contributed by atoms with Crippen LogP contribution in [0, 0.1) is 12.8 Å². The number of piperidine rings is 1. The first-order chi connectivity index (χ1) is 8.28. The van der Waals surface area contributed by atoms with E-state index in [1.807, 2.05) is 4.90 Å². The van der Waals surface area contributed by atoms with E-state index >= 15 is 0 Å². The molecule has 0 aromatic heterocycles. The smallest absolute Gasteiger partial charge is 0.209 e.